The lowest BCUT2D eigenvalue weighted by Crippen LogP contribution is -2.53. The maximum atomic E-state index is 14.5. The number of hydrogen-bond acceptors (Lipinski definition) is 5. The van der Waals surface area contributed by atoms with Crippen LogP contribution in [-0.2, 0) is 28.9 Å². The van der Waals surface area contributed by atoms with Crippen LogP contribution < -0.4 is 0 Å². The molecule has 5 nitrogen and oxygen atoms in total. The molecule has 2 aromatic rings. The molecule has 3 rings (SSSR count). The minimum absolute atomic E-state index is 0.186. The van der Waals surface area contributed by atoms with E-state index in [1.54, 1.807) is 0 Å². The normalized spacial score (nSPS) is 22.5. The van der Waals surface area contributed by atoms with Crippen LogP contribution in [0.1, 0.15) is 18.4 Å². The Bertz CT molecular complexity index is 1170. The van der Waals surface area contributed by atoms with E-state index in [-0.39, 0.29) is 9.92 Å². The number of rotatable bonds is 5. The van der Waals surface area contributed by atoms with Crippen LogP contribution in [0.5, 0.6) is 0 Å². The Hall–Kier alpha value is -1.76. The number of alkyl halides is 3. The Morgan fingerprint density at radius 2 is 1.53 bits per heavy atom. The molecule has 0 unspecified atom stereocenters. The molecular weight excluding hydrogens is 479 g/mol. The zero-order chi connectivity index (χ0) is 22.5. The van der Waals surface area contributed by atoms with Gasteiger partial charge in [0.25, 0.3) is 0 Å². The van der Waals surface area contributed by atoms with Crippen molar-refractivity contribution < 1.29 is 43.0 Å². The Morgan fingerprint density at radius 3 is 2.07 bits per heavy atom. The van der Waals surface area contributed by atoms with Crippen LogP contribution in [0, 0.1) is 11.6 Å². The van der Waals surface area contributed by atoms with Crippen LogP contribution >= 0.6 is 11.6 Å². The standard InChI is InChI=1S/C17H12ClF5O5S2/c18-10-1-4-13(5-2-10)29(24,25)16(14-7-11(19)3-6-15(14)20)8-12(9-16)28-30(26,27)17(21,22)23/h1-7,12H,8-9H2. The first-order chi connectivity index (χ1) is 13.7. The molecule has 13 heteroatoms. The molecule has 0 radical (unpaired) electrons. The molecule has 2 aromatic carbocycles. The fourth-order valence-corrected chi connectivity index (χ4v) is 6.18. The Kier molecular flexibility index (Phi) is 5.68. The smallest absolute Gasteiger partial charge is 0.260 e. The van der Waals surface area contributed by atoms with Crippen molar-refractivity contribution in [1.82, 2.24) is 0 Å². The van der Waals surface area contributed by atoms with Gasteiger partial charge in [0.05, 0.1) is 11.0 Å². The number of benzene rings is 2. The molecule has 1 aliphatic carbocycles. The maximum absolute atomic E-state index is 14.5. The minimum Gasteiger partial charge on any atom is -0.260 e. The van der Waals surface area contributed by atoms with Gasteiger partial charge in [-0.25, -0.2) is 17.2 Å². The van der Waals surface area contributed by atoms with Crippen molar-refractivity contribution in [2.24, 2.45) is 0 Å². The Balaban J connectivity index is 2.07. The molecule has 1 aliphatic rings. The van der Waals surface area contributed by atoms with Crippen LogP contribution in [-0.4, -0.2) is 28.4 Å². The largest absolute Gasteiger partial charge is 0.523 e. The molecule has 1 fully saturated rings. The fourth-order valence-electron chi connectivity index (χ4n) is 3.25. The second kappa shape index (κ2) is 7.43. The molecule has 164 valence electrons. The highest BCUT2D eigenvalue weighted by Crippen LogP contribution is 2.53. The Morgan fingerprint density at radius 1 is 0.967 bits per heavy atom. The topological polar surface area (TPSA) is 77.5 Å². The molecule has 0 saturated heterocycles. The van der Waals surface area contributed by atoms with Crippen molar-refractivity contribution >= 4 is 31.6 Å². The van der Waals surface area contributed by atoms with Crippen LogP contribution in [0.3, 0.4) is 0 Å². The summed E-state index contributed by atoms with van der Waals surface area (Å²) in [5.41, 5.74) is -6.36. The van der Waals surface area contributed by atoms with Crippen LogP contribution in [0.2, 0.25) is 5.02 Å². The highest BCUT2D eigenvalue weighted by atomic mass is 35.5. The number of hydrogen-bond donors (Lipinski definition) is 0. The molecular formula is C17H12ClF5O5S2. The van der Waals surface area contributed by atoms with Crippen LogP contribution in [0.25, 0.3) is 0 Å². The second-order valence-corrected chi connectivity index (χ2v) is 10.9. The third kappa shape index (κ3) is 3.81. The van der Waals surface area contributed by atoms with E-state index in [9.17, 15) is 38.8 Å². The summed E-state index contributed by atoms with van der Waals surface area (Å²) in [7, 11) is -10.5. The molecule has 0 atom stereocenters. The van der Waals surface area contributed by atoms with Gasteiger partial charge in [0, 0.05) is 10.6 Å². The van der Waals surface area contributed by atoms with Gasteiger partial charge >= 0.3 is 15.6 Å². The molecule has 0 aromatic heterocycles. The lowest BCUT2D eigenvalue weighted by atomic mass is 9.76. The van der Waals surface area contributed by atoms with Gasteiger partial charge in [-0.05, 0) is 55.3 Å². The molecule has 0 heterocycles. The first kappa shape index (κ1) is 22.9. The first-order valence-corrected chi connectivity index (χ1v) is 11.4. The molecule has 0 spiro atoms. The highest BCUT2D eigenvalue weighted by Gasteiger charge is 2.60. The molecule has 0 bridgehead atoms. The zero-order valence-corrected chi connectivity index (χ0v) is 17.0. The van der Waals surface area contributed by atoms with E-state index in [0.717, 1.165) is 18.2 Å². The predicted octanol–water partition coefficient (Wildman–Crippen LogP) is 4.32. The average molecular weight is 491 g/mol. The molecule has 0 amide bonds. The third-order valence-electron chi connectivity index (χ3n) is 4.72. The van der Waals surface area contributed by atoms with E-state index in [1.807, 2.05) is 0 Å². The Labute approximate surface area is 173 Å². The third-order valence-corrected chi connectivity index (χ3v) is 8.54. The zero-order valence-electron chi connectivity index (χ0n) is 14.7. The summed E-state index contributed by atoms with van der Waals surface area (Å²) < 4.78 is 117. The SMILES string of the molecule is O=S(=O)(OC1CC(c2cc(F)ccc2F)(S(=O)(=O)c2ccc(Cl)cc2)C1)C(F)(F)F. The van der Waals surface area contributed by atoms with Crippen molar-refractivity contribution in [3.05, 3.63) is 64.7 Å². The van der Waals surface area contributed by atoms with Crippen molar-refractivity contribution in [3.8, 4) is 0 Å². The van der Waals surface area contributed by atoms with E-state index < -0.39 is 66.4 Å². The summed E-state index contributed by atoms with van der Waals surface area (Å²) in [6, 6.07) is 6.66. The van der Waals surface area contributed by atoms with Crippen LogP contribution in [0.4, 0.5) is 22.0 Å². The van der Waals surface area contributed by atoms with E-state index in [4.69, 9.17) is 11.6 Å². The van der Waals surface area contributed by atoms with Gasteiger partial charge in [0.2, 0.25) is 0 Å². The predicted molar refractivity (Wildman–Crippen MR) is 95.8 cm³/mol. The van der Waals surface area contributed by atoms with Gasteiger partial charge in [-0.3, -0.25) is 4.18 Å². The summed E-state index contributed by atoms with van der Waals surface area (Å²) >= 11 is 5.73. The van der Waals surface area contributed by atoms with E-state index in [0.29, 0.717) is 12.1 Å². The van der Waals surface area contributed by atoms with Gasteiger partial charge in [0.15, 0.2) is 9.84 Å². The highest BCUT2D eigenvalue weighted by molar-refractivity contribution is 7.92. The molecule has 1 saturated carbocycles. The van der Waals surface area contributed by atoms with Gasteiger partial charge in [-0.2, -0.15) is 21.6 Å². The lowest BCUT2D eigenvalue weighted by Gasteiger charge is -2.46. The fraction of sp³-hybridized carbons (Fsp3) is 0.294. The van der Waals surface area contributed by atoms with E-state index >= 15 is 0 Å². The number of halogens is 6. The molecule has 30 heavy (non-hydrogen) atoms. The summed E-state index contributed by atoms with van der Waals surface area (Å²) in [4.78, 5) is -0.354. The van der Waals surface area contributed by atoms with Gasteiger partial charge in [0.1, 0.15) is 16.4 Å². The van der Waals surface area contributed by atoms with E-state index in [1.165, 1.54) is 12.1 Å². The van der Waals surface area contributed by atoms with E-state index in [2.05, 4.69) is 4.18 Å². The van der Waals surface area contributed by atoms with Crippen molar-refractivity contribution in [2.45, 2.75) is 34.1 Å². The average Bonchev–Trinajstić information content (AvgIpc) is 2.59. The first-order valence-electron chi connectivity index (χ1n) is 8.15. The quantitative estimate of drug-likeness (QED) is 0.354. The summed E-state index contributed by atoms with van der Waals surface area (Å²) in [6.45, 7) is 0. The summed E-state index contributed by atoms with van der Waals surface area (Å²) in [5.74, 6) is -2.10. The molecule has 0 N–H and O–H groups in total. The number of sulfone groups is 1. The molecule has 0 aliphatic heterocycles. The summed E-state index contributed by atoms with van der Waals surface area (Å²) in [5, 5.41) is 0.186. The van der Waals surface area contributed by atoms with Crippen molar-refractivity contribution in [3.63, 3.8) is 0 Å². The van der Waals surface area contributed by atoms with Gasteiger partial charge < -0.3 is 0 Å². The van der Waals surface area contributed by atoms with Crippen LogP contribution in [0.15, 0.2) is 47.4 Å². The summed E-state index contributed by atoms with van der Waals surface area (Å²) in [6.07, 6.45) is -3.39. The maximum Gasteiger partial charge on any atom is 0.523 e. The van der Waals surface area contributed by atoms with Crippen molar-refractivity contribution in [2.75, 3.05) is 0 Å². The van der Waals surface area contributed by atoms with Crippen molar-refractivity contribution in [1.29, 1.82) is 0 Å². The lowest BCUT2D eigenvalue weighted by molar-refractivity contribution is -0.0624. The second-order valence-electron chi connectivity index (χ2n) is 6.60. The van der Waals surface area contributed by atoms with Gasteiger partial charge in [-0.1, -0.05) is 11.6 Å². The monoisotopic (exact) mass is 490 g/mol. The van der Waals surface area contributed by atoms with Gasteiger partial charge in [-0.15, -0.1) is 0 Å². The minimum atomic E-state index is -6.00.